The van der Waals surface area contributed by atoms with Crippen LogP contribution in [0.1, 0.15) is 51.9 Å². The fourth-order valence-electron chi connectivity index (χ4n) is 2.92. The van der Waals surface area contributed by atoms with E-state index in [0.717, 1.165) is 25.3 Å². The van der Waals surface area contributed by atoms with Crippen LogP contribution in [0.3, 0.4) is 0 Å². The predicted octanol–water partition coefficient (Wildman–Crippen LogP) is 2.52. The molecule has 1 aliphatic heterocycles. The number of ketones is 1. The Morgan fingerprint density at radius 3 is 2.53 bits per heavy atom. The Balaban J connectivity index is 1.74. The van der Waals surface area contributed by atoms with Crippen molar-refractivity contribution in [2.24, 2.45) is 11.8 Å². The van der Waals surface area contributed by atoms with Gasteiger partial charge in [0.2, 0.25) is 0 Å². The minimum absolute atomic E-state index is 0.198. The number of rotatable bonds is 3. The van der Waals surface area contributed by atoms with Crippen LogP contribution < -0.4 is 5.32 Å². The van der Waals surface area contributed by atoms with E-state index >= 15 is 0 Å². The molecule has 2 nitrogen and oxygen atoms in total. The zero-order chi connectivity index (χ0) is 10.7. The Bertz CT molecular complexity index is 213. The van der Waals surface area contributed by atoms with Gasteiger partial charge >= 0.3 is 0 Å². The summed E-state index contributed by atoms with van der Waals surface area (Å²) < 4.78 is 0. The van der Waals surface area contributed by atoms with Gasteiger partial charge in [-0.3, -0.25) is 4.79 Å². The molecule has 0 aromatic heterocycles. The Labute approximate surface area is 92.8 Å². The second-order valence-corrected chi connectivity index (χ2v) is 5.45. The normalized spacial score (nSPS) is 36.7. The number of Topliss-reactive ketones (excluding diaryl/α,β-unsaturated/α-hetero) is 1. The predicted molar refractivity (Wildman–Crippen MR) is 61.8 cm³/mol. The number of nitrogens with one attached hydrogen (secondary N) is 1. The number of carbonyl (C=O) groups is 1. The van der Waals surface area contributed by atoms with Crippen LogP contribution in [0.25, 0.3) is 0 Å². The third-order valence-corrected chi connectivity index (χ3v) is 4.07. The van der Waals surface area contributed by atoms with Crippen molar-refractivity contribution in [2.75, 3.05) is 6.54 Å². The summed E-state index contributed by atoms with van der Waals surface area (Å²) in [5.41, 5.74) is 0. The summed E-state index contributed by atoms with van der Waals surface area (Å²) in [6.07, 6.45) is 8.30. The van der Waals surface area contributed by atoms with E-state index in [4.69, 9.17) is 0 Å². The first-order valence-electron chi connectivity index (χ1n) is 6.52. The van der Waals surface area contributed by atoms with E-state index in [1.807, 2.05) is 0 Å². The van der Waals surface area contributed by atoms with E-state index in [1.54, 1.807) is 0 Å². The van der Waals surface area contributed by atoms with Gasteiger partial charge in [-0.25, -0.2) is 0 Å². The van der Waals surface area contributed by atoms with Gasteiger partial charge < -0.3 is 5.32 Å². The van der Waals surface area contributed by atoms with E-state index in [-0.39, 0.29) is 6.04 Å². The van der Waals surface area contributed by atoms with Gasteiger partial charge in [0.15, 0.2) is 0 Å². The van der Waals surface area contributed by atoms with Crippen LogP contribution in [0.5, 0.6) is 0 Å². The highest BCUT2D eigenvalue weighted by molar-refractivity contribution is 5.84. The zero-order valence-corrected chi connectivity index (χ0v) is 9.80. The molecular formula is C13H23NO. The van der Waals surface area contributed by atoms with Crippen molar-refractivity contribution in [3.05, 3.63) is 0 Å². The number of hydrogen-bond acceptors (Lipinski definition) is 2. The molecule has 2 rings (SSSR count). The molecule has 0 bridgehead atoms. The molecule has 0 spiro atoms. The van der Waals surface area contributed by atoms with Crippen molar-refractivity contribution in [1.82, 2.24) is 5.32 Å². The van der Waals surface area contributed by atoms with Crippen molar-refractivity contribution >= 4 is 5.78 Å². The molecule has 15 heavy (non-hydrogen) atoms. The minimum atomic E-state index is 0.198. The first-order chi connectivity index (χ1) is 7.25. The Kier molecular flexibility index (Phi) is 3.79. The lowest BCUT2D eigenvalue weighted by Crippen LogP contribution is -2.32. The molecule has 1 atom stereocenters. The van der Waals surface area contributed by atoms with Crippen molar-refractivity contribution in [2.45, 2.75) is 57.9 Å². The van der Waals surface area contributed by atoms with E-state index in [2.05, 4.69) is 12.2 Å². The Morgan fingerprint density at radius 2 is 1.93 bits per heavy atom. The third-order valence-electron chi connectivity index (χ3n) is 4.07. The second-order valence-electron chi connectivity index (χ2n) is 5.45. The first kappa shape index (κ1) is 11.1. The summed E-state index contributed by atoms with van der Waals surface area (Å²) in [7, 11) is 0. The summed E-state index contributed by atoms with van der Waals surface area (Å²) in [4.78, 5) is 11.9. The maximum Gasteiger partial charge on any atom is 0.150 e. The van der Waals surface area contributed by atoms with Gasteiger partial charge in [-0.15, -0.1) is 0 Å². The largest absolute Gasteiger partial charge is 0.307 e. The topological polar surface area (TPSA) is 29.1 Å². The molecule has 1 aliphatic carbocycles. The van der Waals surface area contributed by atoms with Crippen LogP contribution in [-0.2, 0) is 4.79 Å². The van der Waals surface area contributed by atoms with Crippen molar-refractivity contribution < 1.29 is 4.79 Å². The monoisotopic (exact) mass is 209 g/mol. The van der Waals surface area contributed by atoms with Gasteiger partial charge in [0.1, 0.15) is 5.78 Å². The maximum atomic E-state index is 11.9. The van der Waals surface area contributed by atoms with E-state index < -0.39 is 0 Å². The van der Waals surface area contributed by atoms with Crippen molar-refractivity contribution in [3.8, 4) is 0 Å². The fraction of sp³-hybridized carbons (Fsp3) is 0.923. The molecular weight excluding hydrogens is 186 g/mol. The lowest BCUT2D eigenvalue weighted by atomic mass is 9.80. The number of carbonyl (C=O) groups excluding carboxylic acids is 1. The lowest BCUT2D eigenvalue weighted by molar-refractivity contribution is -0.121. The molecule has 1 saturated carbocycles. The molecule has 1 unspecified atom stereocenters. The van der Waals surface area contributed by atoms with Crippen molar-refractivity contribution in [3.63, 3.8) is 0 Å². The Hall–Kier alpha value is -0.370. The quantitative estimate of drug-likeness (QED) is 0.774. The van der Waals surface area contributed by atoms with Gasteiger partial charge in [0.05, 0.1) is 6.04 Å². The van der Waals surface area contributed by atoms with Gasteiger partial charge in [-0.05, 0) is 44.1 Å². The highest BCUT2D eigenvalue weighted by atomic mass is 16.1. The van der Waals surface area contributed by atoms with Gasteiger partial charge in [0, 0.05) is 6.42 Å². The molecule has 0 aromatic rings. The highest BCUT2D eigenvalue weighted by Gasteiger charge is 2.26. The van der Waals surface area contributed by atoms with Crippen molar-refractivity contribution in [1.29, 1.82) is 0 Å². The van der Waals surface area contributed by atoms with Crippen LogP contribution in [0.4, 0.5) is 0 Å². The molecule has 2 heteroatoms. The molecule has 0 amide bonds. The molecule has 2 fully saturated rings. The average molecular weight is 209 g/mol. The van der Waals surface area contributed by atoms with Crippen LogP contribution >= 0.6 is 0 Å². The third kappa shape index (κ3) is 3.04. The molecule has 0 aromatic carbocycles. The van der Waals surface area contributed by atoms with E-state index in [0.29, 0.717) is 11.7 Å². The highest BCUT2D eigenvalue weighted by Crippen LogP contribution is 2.31. The second kappa shape index (κ2) is 5.11. The standard InChI is InChI=1S/C13H23NO/c1-10-4-6-11(7-5-10)9-13(15)12-3-2-8-14-12/h10-12,14H,2-9H2,1H3. The van der Waals surface area contributed by atoms with E-state index in [9.17, 15) is 4.79 Å². The van der Waals surface area contributed by atoms with Gasteiger partial charge in [-0.2, -0.15) is 0 Å². The molecule has 1 N–H and O–H groups in total. The van der Waals surface area contributed by atoms with Gasteiger partial charge in [0.25, 0.3) is 0 Å². The Morgan fingerprint density at radius 1 is 1.20 bits per heavy atom. The average Bonchev–Trinajstić information content (AvgIpc) is 2.74. The molecule has 0 radical (unpaired) electrons. The maximum absolute atomic E-state index is 11.9. The van der Waals surface area contributed by atoms with Crippen LogP contribution in [0, 0.1) is 11.8 Å². The first-order valence-corrected chi connectivity index (χ1v) is 6.52. The van der Waals surface area contributed by atoms with E-state index in [1.165, 1.54) is 32.1 Å². The number of hydrogen-bond donors (Lipinski definition) is 1. The molecule has 86 valence electrons. The van der Waals surface area contributed by atoms with Crippen LogP contribution in [-0.4, -0.2) is 18.4 Å². The van der Waals surface area contributed by atoms with Gasteiger partial charge in [-0.1, -0.05) is 19.8 Å². The summed E-state index contributed by atoms with van der Waals surface area (Å²) in [5.74, 6) is 2.06. The molecule has 2 aliphatic rings. The molecule has 1 heterocycles. The minimum Gasteiger partial charge on any atom is -0.307 e. The lowest BCUT2D eigenvalue weighted by Gasteiger charge is -2.26. The summed E-state index contributed by atoms with van der Waals surface area (Å²) in [6.45, 7) is 3.37. The molecule has 1 saturated heterocycles. The summed E-state index contributed by atoms with van der Waals surface area (Å²) in [6, 6.07) is 0.198. The summed E-state index contributed by atoms with van der Waals surface area (Å²) >= 11 is 0. The zero-order valence-electron chi connectivity index (χ0n) is 9.80. The smallest absolute Gasteiger partial charge is 0.150 e. The van der Waals surface area contributed by atoms with Crippen LogP contribution in [0.15, 0.2) is 0 Å². The SMILES string of the molecule is CC1CCC(CC(=O)C2CCCN2)CC1. The fourth-order valence-corrected chi connectivity index (χ4v) is 2.92. The van der Waals surface area contributed by atoms with Crippen LogP contribution in [0.2, 0.25) is 0 Å². The summed E-state index contributed by atoms with van der Waals surface area (Å²) in [5, 5.41) is 3.31.